The van der Waals surface area contributed by atoms with Crippen molar-refractivity contribution in [3.05, 3.63) is 58.7 Å². The number of carboxylic acids is 1. The Morgan fingerprint density at radius 1 is 1.09 bits per heavy atom. The third-order valence-electron chi connectivity index (χ3n) is 3.74. The van der Waals surface area contributed by atoms with Gasteiger partial charge in [-0.25, -0.2) is 13.2 Å². The third-order valence-corrected chi connectivity index (χ3v) is 5.21. The number of rotatable bonds is 5. The minimum atomic E-state index is -3.86. The molecule has 0 unspecified atom stereocenters. The summed E-state index contributed by atoms with van der Waals surface area (Å²) >= 11 is 0. The molecule has 0 amide bonds. The lowest BCUT2D eigenvalue weighted by Gasteiger charge is -2.13. The van der Waals surface area contributed by atoms with Gasteiger partial charge in [-0.3, -0.25) is 4.72 Å². The first kappa shape index (κ1) is 17.0. The fourth-order valence-electron chi connectivity index (χ4n) is 2.24. The second kappa shape index (κ2) is 6.42. The van der Waals surface area contributed by atoms with Gasteiger partial charge in [0.15, 0.2) is 0 Å². The predicted octanol–water partition coefficient (Wildman–Crippen LogP) is 3.36. The molecule has 0 bridgehead atoms. The molecule has 0 atom stereocenters. The summed E-state index contributed by atoms with van der Waals surface area (Å²) < 4.78 is 27.8. The zero-order chi connectivity index (χ0) is 17.2. The van der Waals surface area contributed by atoms with Crippen LogP contribution >= 0.6 is 0 Å². The van der Waals surface area contributed by atoms with Gasteiger partial charge in [-0.2, -0.15) is 0 Å². The highest BCUT2D eigenvalue weighted by Crippen LogP contribution is 2.23. The standard InChI is InChI=1S/C17H19NO4S/c1-4-13-6-7-14(17(19)20)10-16(13)23(21,22)18-15-8-5-11(2)12(3)9-15/h5-10,18H,4H2,1-3H3,(H,19,20). The Bertz CT molecular complexity index is 857. The van der Waals surface area contributed by atoms with Crippen LogP contribution in [0.25, 0.3) is 0 Å². The summed E-state index contributed by atoms with van der Waals surface area (Å²) in [5, 5.41) is 9.08. The maximum atomic E-state index is 12.6. The highest BCUT2D eigenvalue weighted by Gasteiger charge is 2.20. The fraction of sp³-hybridized carbons (Fsp3) is 0.235. The zero-order valence-electron chi connectivity index (χ0n) is 13.3. The lowest BCUT2D eigenvalue weighted by molar-refractivity contribution is 0.0696. The first-order valence-electron chi connectivity index (χ1n) is 7.21. The predicted molar refractivity (Wildman–Crippen MR) is 89.5 cm³/mol. The number of benzene rings is 2. The monoisotopic (exact) mass is 333 g/mol. The molecule has 0 aliphatic rings. The smallest absolute Gasteiger partial charge is 0.335 e. The van der Waals surface area contributed by atoms with Gasteiger partial charge in [0.1, 0.15) is 0 Å². The number of hydrogen-bond donors (Lipinski definition) is 2. The lowest BCUT2D eigenvalue weighted by atomic mass is 10.1. The summed E-state index contributed by atoms with van der Waals surface area (Å²) in [7, 11) is -3.86. The summed E-state index contributed by atoms with van der Waals surface area (Å²) in [5.74, 6) is -1.16. The molecule has 23 heavy (non-hydrogen) atoms. The number of anilines is 1. The molecule has 2 N–H and O–H groups in total. The van der Waals surface area contributed by atoms with E-state index in [0.717, 1.165) is 11.1 Å². The van der Waals surface area contributed by atoms with Crippen LogP contribution in [0.15, 0.2) is 41.3 Å². The molecule has 0 saturated heterocycles. The van der Waals surface area contributed by atoms with Crippen molar-refractivity contribution in [3.63, 3.8) is 0 Å². The number of nitrogens with one attached hydrogen (secondary N) is 1. The molecule has 0 aromatic heterocycles. The largest absolute Gasteiger partial charge is 0.478 e. The van der Waals surface area contributed by atoms with Gasteiger partial charge < -0.3 is 5.11 Å². The van der Waals surface area contributed by atoms with Gasteiger partial charge in [-0.1, -0.05) is 19.1 Å². The van der Waals surface area contributed by atoms with Crippen molar-refractivity contribution in [2.45, 2.75) is 32.1 Å². The first-order chi connectivity index (χ1) is 10.7. The Balaban J connectivity index is 2.47. The van der Waals surface area contributed by atoms with Crippen LogP contribution in [0, 0.1) is 13.8 Å². The normalized spacial score (nSPS) is 11.3. The Labute approximate surface area is 136 Å². The molecule has 0 heterocycles. The van der Waals surface area contributed by atoms with Crippen molar-refractivity contribution < 1.29 is 18.3 Å². The lowest BCUT2D eigenvalue weighted by Crippen LogP contribution is -2.16. The Kier molecular flexibility index (Phi) is 4.75. The molecule has 2 aromatic rings. The Morgan fingerprint density at radius 2 is 1.78 bits per heavy atom. The van der Waals surface area contributed by atoms with E-state index in [-0.39, 0.29) is 10.5 Å². The summed E-state index contributed by atoms with van der Waals surface area (Å²) in [6.45, 7) is 5.67. The van der Waals surface area contributed by atoms with E-state index >= 15 is 0 Å². The zero-order valence-corrected chi connectivity index (χ0v) is 14.1. The maximum Gasteiger partial charge on any atom is 0.335 e. The number of carbonyl (C=O) groups is 1. The highest BCUT2D eigenvalue weighted by atomic mass is 32.2. The van der Waals surface area contributed by atoms with Gasteiger partial charge in [0.2, 0.25) is 0 Å². The highest BCUT2D eigenvalue weighted by molar-refractivity contribution is 7.92. The topological polar surface area (TPSA) is 83.5 Å². The van der Waals surface area contributed by atoms with Crippen LogP contribution in [0.2, 0.25) is 0 Å². The average Bonchev–Trinajstić information content (AvgIpc) is 2.50. The minimum Gasteiger partial charge on any atom is -0.478 e. The summed E-state index contributed by atoms with van der Waals surface area (Å²) in [6, 6.07) is 9.42. The van der Waals surface area contributed by atoms with Crippen LogP contribution in [0.1, 0.15) is 34.0 Å². The number of aryl methyl sites for hydroxylation is 3. The second-order valence-electron chi connectivity index (χ2n) is 5.39. The van der Waals surface area contributed by atoms with Crippen LogP contribution in [0.4, 0.5) is 5.69 Å². The number of sulfonamides is 1. The van der Waals surface area contributed by atoms with Crippen molar-refractivity contribution in [2.75, 3.05) is 4.72 Å². The molecular weight excluding hydrogens is 314 g/mol. The molecule has 0 aliphatic heterocycles. The fourth-order valence-corrected chi connectivity index (χ4v) is 3.63. The van der Waals surface area contributed by atoms with Gasteiger partial charge in [0.25, 0.3) is 10.0 Å². The number of hydrogen-bond acceptors (Lipinski definition) is 3. The van der Waals surface area contributed by atoms with Gasteiger partial charge in [0, 0.05) is 5.69 Å². The van der Waals surface area contributed by atoms with Crippen molar-refractivity contribution in [2.24, 2.45) is 0 Å². The molecule has 2 aromatic carbocycles. The molecule has 5 nitrogen and oxygen atoms in total. The van der Waals surface area contributed by atoms with Crippen molar-refractivity contribution in [1.82, 2.24) is 0 Å². The van der Waals surface area contributed by atoms with Crippen molar-refractivity contribution in [1.29, 1.82) is 0 Å². The van der Waals surface area contributed by atoms with E-state index in [4.69, 9.17) is 5.11 Å². The maximum absolute atomic E-state index is 12.6. The van der Waals surface area contributed by atoms with Crippen LogP contribution in [-0.4, -0.2) is 19.5 Å². The Morgan fingerprint density at radius 3 is 2.35 bits per heavy atom. The number of aromatic carboxylic acids is 1. The van der Waals surface area contributed by atoms with Crippen molar-refractivity contribution >= 4 is 21.7 Å². The molecule has 122 valence electrons. The Hall–Kier alpha value is -2.34. The van der Waals surface area contributed by atoms with E-state index < -0.39 is 16.0 Å². The molecule has 0 aliphatic carbocycles. The van der Waals surface area contributed by atoms with Crippen LogP contribution in [0.5, 0.6) is 0 Å². The second-order valence-corrected chi connectivity index (χ2v) is 7.04. The molecule has 6 heteroatoms. The first-order valence-corrected chi connectivity index (χ1v) is 8.69. The van der Waals surface area contributed by atoms with E-state index in [2.05, 4.69) is 4.72 Å². The molecular formula is C17H19NO4S. The van der Waals surface area contributed by atoms with Gasteiger partial charge in [-0.05, 0) is 61.2 Å². The van der Waals surface area contributed by atoms with E-state index in [1.165, 1.54) is 12.1 Å². The minimum absolute atomic E-state index is 0.00173. The van der Waals surface area contributed by atoms with Crippen LogP contribution in [-0.2, 0) is 16.4 Å². The average molecular weight is 333 g/mol. The number of carboxylic acid groups (broad SMARTS) is 1. The van der Waals surface area contributed by atoms with E-state index in [0.29, 0.717) is 17.7 Å². The summed E-state index contributed by atoms with van der Waals surface area (Å²) in [4.78, 5) is 11.1. The van der Waals surface area contributed by atoms with E-state index in [1.54, 1.807) is 18.2 Å². The van der Waals surface area contributed by atoms with Gasteiger partial charge >= 0.3 is 5.97 Å². The third kappa shape index (κ3) is 3.71. The van der Waals surface area contributed by atoms with Crippen molar-refractivity contribution in [3.8, 4) is 0 Å². The molecule has 0 spiro atoms. The molecule has 0 fully saturated rings. The molecule has 2 rings (SSSR count). The van der Waals surface area contributed by atoms with Gasteiger partial charge in [-0.15, -0.1) is 0 Å². The van der Waals surface area contributed by atoms with Crippen LogP contribution < -0.4 is 4.72 Å². The van der Waals surface area contributed by atoms with E-state index in [1.807, 2.05) is 26.8 Å². The van der Waals surface area contributed by atoms with Crippen LogP contribution in [0.3, 0.4) is 0 Å². The van der Waals surface area contributed by atoms with E-state index in [9.17, 15) is 13.2 Å². The quantitative estimate of drug-likeness (QED) is 0.879. The summed E-state index contributed by atoms with van der Waals surface area (Å²) in [5.41, 5.74) is 3.01. The SMILES string of the molecule is CCc1ccc(C(=O)O)cc1S(=O)(=O)Nc1ccc(C)c(C)c1. The molecule has 0 radical (unpaired) electrons. The summed E-state index contributed by atoms with van der Waals surface area (Å²) in [6.07, 6.45) is 0.489. The van der Waals surface area contributed by atoms with Gasteiger partial charge in [0.05, 0.1) is 10.5 Å². The molecule has 0 saturated carbocycles.